The molecule has 0 aromatic heterocycles. The van der Waals surface area contributed by atoms with Crippen molar-refractivity contribution in [1.29, 1.82) is 0 Å². The van der Waals surface area contributed by atoms with Crippen LogP contribution in [0.5, 0.6) is 0 Å². The lowest BCUT2D eigenvalue weighted by Gasteiger charge is -2.20. The fraction of sp³-hybridized carbons (Fsp3) is 0.529. The van der Waals surface area contributed by atoms with Gasteiger partial charge in [0.25, 0.3) is 0 Å². The number of carbonyl (C=O) groups is 2. The summed E-state index contributed by atoms with van der Waals surface area (Å²) in [5.74, 6) is -1.03. The minimum atomic E-state index is -0.999. The van der Waals surface area contributed by atoms with E-state index >= 15 is 0 Å². The SMILES string of the molecule is Cc1cccc(NC(=O)C2CCCCCCC2)c1C(=O)O. The van der Waals surface area contributed by atoms with Gasteiger partial charge in [-0.15, -0.1) is 0 Å². The zero-order valence-electron chi connectivity index (χ0n) is 12.5. The minimum Gasteiger partial charge on any atom is -0.478 e. The quantitative estimate of drug-likeness (QED) is 0.884. The standard InChI is InChI=1S/C17H23NO3/c1-12-8-7-11-14(15(12)17(20)21)18-16(19)13-9-5-3-2-4-6-10-13/h7-8,11,13H,2-6,9-10H2,1H3,(H,18,19)(H,20,21). The lowest BCUT2D eigenvalue weighted by Crippen LogP contribution is -2.24. The number of carbonyl (C=O) groups excluding carboxylic acids is 1. The number of aromatic carboxylic acids is 1. The van der Waals surface area contributed by atoms with Gasteiger partial charge >= 0.3 is 5.97 Å². The second kappa shape index (κ2) is 7.25. The summed E-state index contributed by atoms with van der Waals surface area (Å²) in [4.78, 5) is 23.8. The highest BCUT2D eigenvalue weighted by molar-refractivity contribution is 6.02. The van der Waals surface area contributed by atoms with Crippen LogP contribution in [0, 0.1) is 12.8 Å². The number of aryl methyl sites for hydroxylation is 1. The summed E-state index contributed by atoms with van der Waals surface area (Å²) in [6.45, 7) is 1.74. The van der Waals surface area contributed by atoms with Crippen molar-refractivity contribution in [2.75, 3.05) is 5.32 Å². The molecule has 1 amide bonds. The first-order valence-electron chi connectivity index (χ1n) is 7.73. The van der Waals surface area contributed by atoms with E-state index in [2.05, 4.69) is 5.32 Å². The van der Waals surface area contributed by atoms with Gasteiger partial charge in [-0.3, -0.25) is 4.79 Å². The number of hydrogen-bond donors (Lipinski definition) is 2. The van der Waals surface area contributed by atoms with Gasteiger partial charge in [-0.25, -0.2) is 4.79 Å². The highest BCUT2D eigenvalue weighted by Crippen LogP contribution is 2.25. The van der Waals surface area contributed by atoms with Crippen molar-refractivity contribution in [3.05, 3.63) is 29.3 Å². The van der Waals surface area contributed by atoms with Crippen LogP contribution in [0.4, 0.5) is 5.69 Å². The molecular weight excluding hydrogens is 266 g/mol. The molecule has 1 aliphatic rings. The van der Waals surface area contributed by atoms with Gasteiger partial charge in [-0.1, -0.05) is 44.2 Å². The number of anilines is 1. The van der Waals surface area contributed by atoms with Crippen LogP contribution in [0.2, 0.25) is 0 Å². The van der Waals surface area contributed by atoms with Crippen LogP contribution in [0.15, 0.2) is 18.2 Å². The summed E-state index contributed by atoms with van der Waals surface area (Å²) in [7, 11) is 0. The molecule has 1 aromatic rings. The zero-order chi connectivity index (χ0) is 15.2. The van der Waals surface area contributed by atoms with Crippen molar-refractivity contribution in [2.45, 2.75) is 51.9 Å². The van der Waals surface area contributed by atoms with E-state index in [4.69, 9.17) is 0 Å². The fourth-order valence-corrected chi connectivity index (χ4v) is 3.01. The van der Waals surface area contributed by atoms with Crippen LogP contribution in [0.25, 0.3) is 0 Å². The van der Waals surface area contributed by atoms with E-state index < -0.39 is 5.97 Å². The molecule has 4 heteroatoms. The van der Waals surface area contributed by atoms with Crippen molar-refractivity contribution in [3.63, 3.8) is 0 Å². The summed E-state index contributed by atoms with van der Waals surface area (Å²) >= 11 is 0. The molecule has 0 spiro atoms. The van der Waals surface area contributed by atoms with E-state index in [1.54, 1.807) is 25.1 Å². The molecule has 4 nitrogen and oxygen atoms in total. The number of nitrogens with one attached hydrogen (secondary N) is 1. The van der Waals surface area contributed by atoms with Crippen molar-refractivity contribution in [2.24, 2.45) is 5.92 Å². The first-order chi connectivity index (χ1) is 10.1. The summed E-state index contributed by atoms with van der Waals surface area (Å²) in [5, 5.41) is 12.1. The van der Waals surface area contributed by atoms with Crippen molar-refractivity contribution >= 4 is 17.6 Å². The molecule has 1 saturated carbocycles. The summed E-state index contributed by atoms with van der Waals surface area (Å²) in [6.07, 6.45) is 7.61. The molecule has 114 valence electrons. The van der Waals surface area contributed by atoms with E-state index in [-0.39, 0.29) is 17.4 Å². The van der Waals surface area contributed by atoms with Crippen LogP contribution in [0.3, 0.4) is 0 Å². The average molecular weight is 289 g/mol. The Kier molecular flexibility index (Phi) is 5.37. The Hall–Kier alpha value is -1.84. The second-order valence-corrected chi connectivity index (χ2v) is 5.83. The second-order valence-electron chi connectivity index (χ2n) is 5.83. The maximum Gasteiger partial charge on any atom is 0.338 e. The van der Waals surface area contributed by atoms with Gasteiger partial charge in [0.2, 0.25) is 5.91 Å². The van der Waals surface area contributed by atoms with Gasteiger partial charge in [0.15, 0.2) is 0 Å². The zero-order valence-corrected chi connectivity index (χ0v) is 12.5. The number of carboxylic acids is 1. The molecule has 1 aliphatic carbocycles. The monoisotopic (exact) mass is 289 g/mol. The predicted octanol–water partition coefficient (Wildman–Crippen LogP) is 3.99. The van der Waals surface area contributed by atoms with Gasteiger partial charge < -0.3 is 10.4 Å². The van der Waals surface area contributed by atoms with Crippen LogP contribution < -0.4 is 5.32 Å². The Morgan fingerprint density at radius 2 is 1.71 bits per heavy atom. The van der Waals surface area contributed by atoms with Crippen molar-refractivity contribution < 1.29 is 14.7 Å². The molecule has 0 aliphatic heterocycles. The Balaban J connectivity index is 2.11. The van der Waals surface area contributed by atoms with Gasteiger partial charge in [0.05, 0.1) is 11.3 Å². The highest BCUT2D eigenvalue weighted by Gasteiger charge is 2.21. The number of amides is 1. The maximum absolute atomic E-state index is 12.4. The van der Waals surface area contributed by atoms with Crippen LogP contribution >= 0.6 is 0 Å². The van der Waals surface area contributed by atoms with Gasteiger partial charge in [-0.2, -0.15) is 0 Å². The highest BCUT2D eigenvalue weighted by atomic mass is 16.4. The predicted molar refractivity (Wildman–Crippen MR) is 82.6 cm³/mol. The third kappa shape index (κ3) is 4.06. The smallest absolute Gasteiger partial charge is 0.338 e. The first kappa shape index (κ1) is 15.5. The Morgan fingerprint density at radius 3 is 2.33 bits per heavy atom. The molecule has 0 unspecified atom stereocenters. The maximum atomic E-state index is 12.4. The lowest BCUT2D eigenvalue weighted by molar-refractivity contribution is -0.120. The molecule has 1 fully saturated rings. The van der Waals surface area contributed by atoms with Crippen LogP contribution in [-0.4, -0.2) is 17.0 Å². The van der Waals surface area contributed by atoms with Crippen molar-refractivity contribution in [3.8, 4) is 0 Å². The van der Waals surface area contributed by atoms with Crippen molar-refractivity contribution in [1.82, 2.24) is 0 Å². The molecule has 0 bridgehead atoms. The molecule has 0 radical (unpaired) electrons. The number of benzene rings is 1. The van der Waals surface area contributed by atoms with Gasteiger partial charge in [0, 0.05) is 5.92 Å². The normalized spacial score (nSPS) is 16.8. The fourth-order valence-electron chi connectivity index (χ4n) is 3.01. The van der Waals surface area contributed by atoms with E-state index in [9.17, 15) is 14.7 Å². The topological polar surface area (TPSA) is 66.4 Å². The number of hydrogen-bond acceptors (Lipinski definition) is 2. The largest absolute Gasteiger partial charge is 0.478 e. The third-order valence-corrected chi connectivity index (χ3v) is 4.22. The molecule has 2 N–H and O–H groups in total. The van der Waals surface area contributed by atoms with E-state index in [1.807, 2.05) is 0 Å². The first-order valence-corrected chi connectivity index (χ1v) is 7.73. The Bertz CT molecular complexity index is 517. The Labute approximate surface area is 125 Å². The lowest BCUT2D eigenvalue weighted by atomic mass is 9.90. The number of carboxylic acid groups (broad SMARTS) is 1. The summed E-state index contributed by atoms with van der Waals surface area (Å²) in [5.41, 5.74) is 1.27. The van der Waals surface area contributed by atoms with E-state index in [0.29, 0.717) is 11.3 Å². The molecule has 1 aromatic carbocycles. The minimum absolute atomic E-state index is 0.00690. The van der Waals surface area contributed by atoms with Crippen LogP contribution in [0.1, 0.15) is 60.9 Å². The van der Waals surface area contributed by atoms with Gasteiger partial charge in [-0.05, 0) is 31.4 Å². The third-order valence-electron chi connectivity index (χ3n) is 4.22. The van der Waals surface area contributed by atoms with E-state index in [0.717, 1.165) is 25.7 Å². The molecule has 0 atom stereocenters. The summed E-state index contributed by atoms with van der Waals surface area (Å²) in [6, 6.07) is 5.18. The van der Waals surface area contributed by atoms with Gasteiger partial charge in [0.1, 0.15) is 0 Å². The molecular formula is C17H23NO3. The molecule has 21 heavy (non-hydrogen) atoms. The molecule has 0 saturated heterocycles. The molecule has 0 heterocycles. The molecule has 2 rings (SSSR count). The van der Waals surface area contributed by atoms with E-state index in [1.165, 1.54) is 19.3 Å². The summed E-state index contributed by atoms with van der Waals surface area (Å²) < 4.78 is 0. The average Bonchev–Trinajstić information content (AvgIpc) is 2.37. The Morgan fingerprint density at radius 1 is 1.10 bits per heavy atom. The number of rotatable bonds is 3. The van der Waals surface area contributed by atoms with Crippen LogP contribution in [-0.2, 0) is 4.79 Å².